The molecule has 3 heterocycles. The van der Waals surface area contributed by atoms with Crippen LogP contribution in [0.25, 0.3) is 10.2 Å². The molecule has 1 fully saturated rings. The monoisotopic (exact) mass is 357 g/mol. The van der Waals surface area contributed by atoms with E-state index in [1.54, 1.807) is 0 Å². The van der Waals surface area contributed by atoms with Gasteiger partial charge in [-0.3, -0.25) is 9.59 Å². The van der Waals surface area contributed by atoms with Crippen molar-refractivity contribution in [2.75, 3.05) is 18.8 Å². The second kappa shape index (κ2) is 5.80. The van der Waals surface area contributed by atoms with Gasteiger partial charge < -0.3 is 10.6 Å². The number of nitrogens with two attached hydrogens (primary N) is 1. The fraction of sp³-hybridized carbons (Fsp3) is 0.526. The minimum Gasteiger partial charge on any atom is -0.397 e. The number of thiophene rings is 1. The topological polar surface area (TPSA) is 76.3 Å². The number of piperidine rings is 1. The minimum atomic E-state index is -0.0694. The van der Waals surface area contributed by atoms with E-state index >= 15 is 0 Å². The summed E-state index contributed by atoms with van der Waals surface area (Å²) in [5, 5.41) is 0.747. The third-order valence-corrected chi connectivity index (χ3v) is 6.33. The number of nitrogens with zero attached hydrogens (tertiary/aromatic N) is 2. The van der Waals surface area contributed by atoms with Crippen LogP contribution < -0.4 is 5.73 Å². The average molecular weight is 357 g/mol. The Hall–Kier alpha value is -1.95. The second-order valence-electron chi connectivity index (χ2n) is 7.97. The van der Waals surface area contributed by atoms with Crippen LogP contribution in [0.5, 0.6) is 0 Å². The van der Waals surface area contributed by atoms with Crippen LogP contribution in [-0.4, -0.2) is 34.7 Å². The van der Waals surface area contributed by atoms with Gasteiger partial charge in [0.05, 0.1) is 11.4 Å². The summed E-state index contributed by atoms with van der Waals surface area (Å²) in [6, 6.07) is 1.86. The van der Waals surface area contributed by atoms with Gasteiger partial charge in [-0.15, -0.1) is 11.3 Å². The number of aromatic nitrogens is 1. The third-order valence-electron chi connectivity index (χ3n) is 5.22. The third kappa shape index (κ3) is 2.82. The summed E-state index contributed by atoms with van der Waals surface area (Å²) in [4.78, 5) is 33.3. The van der Waals surface area contributed by atoms with Crippen molar-refractivity contribution >= 4 is 38.9 Å². The van der Waals surface area contributed by atoms with Crippen LogP contribution >= 0.6 is 11.3 Å². The number of amides is 1. The molecule has 25 heavy (non-hydrogen) atoms. The van der Waals surface area contributed by atoms with Crippen LogP contribution in [0.1, 0.15) is 65.3 Å². The Morgan fingerprint density at radius 1 is 1.24 bits per heavy atom. The van der Waals surface area contributed by atoms with Crippen molar-refractivity contribution in [3.8, 4) is 0 Å². The first-order chi connectivity index (χ1) is 11.9. The zero-order valence-corrected chi connectivity index (χ0v) is 15.5. The van der Waals surface area contributed by atoms with Crippen molar-refractivity contribution in [2.24, 2.45) is 5.41 Å². The maximum absolute atomic E-state index is 12.8. The lowest BCUT2D eigenvalue weighted by molar-refractivity contribution is 0.0730. The summed E-state index contributed by atoms with van der Waals surface area (Å²) in [5.74, 6) is 0.125. The molecule has 0 spiro atoms. The number of pyridine rings is 1. The quantitative estimate of drug-likeness (QED) is 0.845. The van der Waals surface area contributed by atoms with Crippen molar-refractivity contribution in [2.45, 2.75) is 46.0 Å². The number of rotatable bonds is 1. The van der Waals surface area contributed by atoms with Crippen molar-refractivity contribution in [3.05, 3.63) is 22.2 Å². The van der Waals surface area contributed by atoms with Gasteiger partial charge in [-0.1, -0.05) is 13.8 Å². The molecule has 1 saturated heterocycles. The van der Waals surface area contributed by atoms with E-state index < -0.39 is 0 Å². The molecule has 2 aliphatic rings. The summed E-state index contributed by atoms with van der Waals surface area (Å²) in [6.07, 6.45) is 4.57. The smallest absolute Gasteiger partial charge is 0.266 e. The zero-order valence-electron chi connectivity index (χ0n) is 14.7. The number of fused-ring (bicyclic) bond motifs is 2. The van der Waals surface area contributed by atoms with Gasteiger partial charge in [-0.25, -0.2) is 4.98 Å². The van der Waals surface area contributed by atoms with Crippen molar-refractivity contribution in [3.63, 3.8) is 0 Å². The summed E-state index contributed by atoms with van der Waals surface area (Å²) in [6.45, 7) is 5.77. The maximum Gasteiger partial charge on any atom is 0.266 e. The Bertz CT molecular complexity index is 878. The molecule has 1 aliphatic carbocycles. The predicted molar refractivity (Wildman–Crippen MR) is 100 cm³/mol. The standard InChI is InChI=1S/C19H23N3O2S/c1-19(2)9-13-11(14(23)10-19)8-12-15(20)16(25-17(12)21-13)18(24)22-6-4-3-5-7-22/h8H,3-7,9-10,20H2,1-2H3. The molecule has 132 valence electrons. The van der Waals surface area contributed by atoms with E-state index in [9.17, 15) is 9.59 Å². The van der Waals surface area contributed by atoms with Crippen LogP contribution in [0.3, 0.4) is 0 Å². The highest BCUT2D eigenvalue weighted by molar-refractivity contribution is 7.21. The van der Waals surface area contributed by atoms with E-state index in [-0.39, 0.29) is 17.1 Å². The Morgan fingerprint density at radius 3 is 2.68 bits per heavy atom. The Balaban J connectivity index is 1.78. The van der Waals surface area contributed by atoms with Crippen molar-refractivity contribution < 1.29 is 9.59 Å². The number of Topliss-reactive ketones (excluding diaryl/α,β-unsaturated/α-hetero) is 1. The van der Waals surface area contributed by atoms with E-state index in [1.807, 2.05) is 11.0 Å². The van der Waals surface area contributed by atoms with E-state index in [4.69, 9.17) is 10.7 Å². The van der Waals surface area contributed by atoms with E-state index in [1.165, 1.54) is 17.8 Å². The molecule has 2 aromatic heterocycles. The van der Waals surface area contributed by atoms with Crippen LogP contribution in [0.15, 0.2) is 6.07 Å². The number of nitrogen functional groups attached to an aromatic ring is 1. The normalized spacial score (nSPS) is 19.9. The van der Waals surface area contributed by atoms with Gasteiger partial charge in [0.15, 0.2) is 5.78 Å². The Morgan fingerprint density at radius 2 is 1.96 bits per heavy atom. The molecule has 0 saturated carbocycles. The number of ketones is 1. The highest BCUT2D eigenvalue weighted by Crippen LogP contribution is 2.39. The van der Waals surface area contributed by atoms with Crippen LogP contribution in [-0.2, 0) is 6.42 Å². The lowest BCUT2D eigenvalue weighted by Crippen LogP contribution is -2.35. The van der Waals surface area contributed by atoms with Gasteiger partial charge in [0.2, 0.25) is 0 Å². The number of carbonyl (C=O) groups is 2. The molecular weight excluding hydrogens is 334 g/mol. The SMILES string of the molecule is CC1(C)CC(=O)c2cc3c(N)c(C(=O)N4CCCCC4)sc3nc2C1. The molecule has 1 aliphatic heterocycles. The minimum absolute atomic E-state index is 0.00447. The number of likely N-dealkylation sites (tertiary alicyclic amines) is 1. The molecular formula is C19H23N3O2S. The van der Waals surface area contributed by atoms with E-state index in [0.717, 1.165) is 48.3 Å². The van der Waals surface area contributed by atoms with Gasteiger partial charge in [0.1, 0.15) is 9.71 Å². The maximum atomic E-state index is 12.8. The first-order valence-corrected chi connectivity index (χ1v) is 9.72. The molecule has 6 heteroatoms. The number of hydrogen-bond acceptors (Lipinski definition) is 5. The number of anilines is 1. The fourth-order valence-electron chi connectivity index (χ4n) is 3.90. The van der Waals surface area contributed by atoms with Crippen LogP contribution in [0.4, 0.5) is 5.69 Å². The molecule has 4 rings (SSSR count). The van der Waals surface area contributed by atoms with Crippen molar-refractivity contribution in [1.29, 1.82) is 0 Å². The first kappa shape index (κ1) is 16.5. The number of carbonyl (C=O) groups excluding carboxylic acids is 2. The summed E-state index contributed by atoms with van der Waals surface area (Å²) in [7, 11) is 0. The van der Waals surface area contributed by atoms with Gasteiger partial charge in [0.25, 0.3) is 5.91 Å². The molecule has 1 amide bonds. The van der Waals surface area contributed by atoms with Crippen LogP contribution in [0.2, 0.25) is 0 Å². The fourth-order valence-corrected chi connectivity index (χ4v) is 4.96. The first-order valence-electron chi connectivity index (χ1n) is 8.90. The van der Waals surface area contributed by atoms with E-state index in [2.05, 4.69) is 13.8 Å². The Labute approximate surface area is 151 Å². The molecule has 5 nitrogen and oxygen atoms in total. The largest absolute Gasteiger partial charge is 0.397 e. The molecule has 2 aromatic rings. The lowest BCUT2D eigenvalue weighted by Gasteiger charge is -2.29. The van der Waals surface area contributed by atoms with Gasteiger partial charge >= 0.3 is 0 Å². The highest BCUT2D eigenvalue weighted by Gasteiger charge is 2.33. The van der Waals surface area contributed by atoms with Crippen molar-refractivity contribution in [1.82, 2.24) is 9.88 Å². The van der Waals surface area contributed by atoms with Gasteiger partial charge in [-0.2, -0.15) is 0 Å². The predicted octanol–water partition coefficient (Wildman–Crippen LogP) is 3.66. The molecule has 0 bridgehead atoms. The molecule has 0 atom stereocenters. The Kier molecular flexibility index (Phi) is 3.83. The molecule has 0 aromatic carbocycles. The van der Waals surface area contributed by atoms with E-state index in [0.29, 0.717) is 22.5 Å². The van der Waals surface area contributed by atoms with Gasteiger partial charge in [-0.05, 0) is 37.2 Å². The number of hydrogen-bond donors (Lipinski definition) is 1. The summed E-state index contributed by atoms with van der Waals surface area (Å²) < 4.78 is 0. The van der Waals surface area contributed by atoms with Gasteiger partial charge in [0, 0.05) is 30.5 Å². The average Bonchev–Trinajstić information content (AvgIpc) is 2.88. The second-order valence-corrected chi connectivity index (χ2v) is 8.97. The van der Waals surface area contributed by atoms with Crippen LogP contribution in [0, 0.1) is 5.41 Å². The highest BCUT2D eigenvalue weighted by atomic mass is 32.1. The summed E-state index contributed by atoms with van der Waals surface area (Å²) in [5.41, 5.74) is 8.21. The molecule has 0 unspecified atom stereocenters. The zero-order chi connectivity index (χ0) is 17.8. The molecule has 2 N–H and O–H groups in total. The lowest BCUT2D eigenvalue weighted by atomic mass is 9.75. The summed E-state index contributed by atoms with van der Waals surface area (Å²) >= 11 is 1.36. The molecule has 0 radical (unpaired) electrons.